The summed E-state index contributed by atoms with van der Waals surface area (Å²) in [5.74, 6) is 0.277. The highest BCUT2D eigenvalue weighted by atomic mass is 79.9. The molecule has 0 bridgehead atoms. The zero-order valence-corrected chi connectivity index (χ0v) is 17.3. The Bertz CT molecular complexity index is 945. The third-order valence-electron chi connectivity index (χ3n) is 3.72. The van der Waals surface area contributed by atoms with Gasteiger partial charge in [-0.1, -0.05) is 52.3 Å². The Morgan fingerprint density at radius 2 is 2.04 bits per heavy atom. The van der Waals surface area contributed by atoms with Gasteiger partial charge in [0, 0.05) is 15.1 Å². The van der Waals surface area contributed by atoms with Gasteiger partial charge in [0.1, 0.15) is 12.4 Å². The van der Waals surface area contributed by atoms with Crippen LogP contribution >= 0.6 is 39.3 Å². The molecule has 7 heteroatoms. The minimum atomic E-state index is -0.334. The summed E-state index contributed by atoms with van der Waals surface area (Å²) in [6.07, 6.45) is 3.32. The van der Waals surface area contributed by atoms with Gasteiger partial charge < -0.3 is 4.74 Å². The van der Waals surface area contributed by atoms with Crippen LogP contribution in [0.25, 0.3) is 6.08 Å². The molecule has 1 heterocycles. The first-order valence-electron chi connectivity index (χ1n) is 8.01. The molecule has 2 aromatic rings. The van der Waals surface area contributed by atoms with Crippen molar-refractivity contribution in [3.63, 3.8) is 0 Å². The highest BCUT2D eigenvalue weighted by Crippen LogP contribution is 2.35. The number of imide groups is 1. The molecule has 27 heavy (non-hydrogen) atoms. The second-order valence-electron chi connectivity index (χ2n) is 5.68. The minimum Gasteiger partial charge on any atom is -0.489 e. The number of ether oxygens (including phenoxy) is 1. The standard InChI is InChI=1S/C20H15BrClNO3S/c1-2-8-26-17-7-6-15(21)10-14(17)11-18-19(24)23(20(25)27-18)12-13-4-3-5-16(22)9-13/h2-7,9-11H,1,8,12H2/b18-11-. The summed E-state index contributed by atoms with van der Waals surface area (Å²) >= 11 is 10.3. The molecular weight excluding hydrogens is 450 g/mol. The number of nitrogens with zero attached hydrogens (tertiary/aromatic N) is 1. The van der Waals surface area contributed by atoms with Crippen LogP contribution in [0.5, 0.6) is 5.75 Å². The van der Waals surface area contributed by atoms with Gasteiger partial charge in [0.05, 0.1) is 11.4 Å². The van der Waals surface area contributed by atoms with E-state index < -0.39 is 0 Å². The molecule has 1 aliphatic heterocycles. The molecule has 0 saturated carbocycles. The lowest BCUT2D eigenvalue weighted by atomic mass is 10.1. The van der Waals surface area contributed by atoms with Crippen LogP contribution in [0.3, 0.4) is 0 Å². The van der Waals surface area contributed by atoms with Crippen molar-refractivity contribution in [2.24, 2.45) is 0 Å². The highest BCUT2D eigenvalue weighted by Gasteiger charge is 2.35. The first-order chi connectivity index (χ1) is 13.0. The summed E-state index contributed by atoms with van der Waals surface area (Å²) in [5.41, 5.74) is 1.50. The SMILES string of the molecule is C=CCOc1ccc(Br)cc1/C=C1\SC(=O)N(Cc2cccc(Cl)c2)C1=O. The molecule has 1 saturated heterocycles. The van der Waals surface area contributed by atoms with E-state index in [4.69, 9.17) is 16.3 Å². The number of benzene rings is 2. The topological polar surface area (TPSA) is 46.6 Å². The molecule has 0 radical (unpaired) electrons. The van der Waals surface area contributed by atoms with Gasteiger partial charge in [0.2, 0.25) is 0 Å². The molecule has 4 nitrogen and oxygen atoms in total. The molecule has 2 aromatic carbocycles. The summed E-state index contributed by atoms with van der Waals surface area (Å²) in [6, 6.07) is 12.6. The number of carbonyl (C=O) groups is 2. The van der Waals surface area contributed by atoms with Crippen LogP contribution in [0, 0.1) is 0 Å². The Morgan fingerprint density at radius 1 is 1.22 bits per heavy atom. The summed E-state index contributed by atoms with van der Waals surface area (Å²) in [6.45, 7) is 4.16. The van der Waals surface area contributed by atoms with Crippen LogP contribution in [-0.2, 0) is 11.3 Å². The zero-order chi connectivity index (χ0) is 19.4. The predicted octanol–water partition coefficient (Wildman–Crippen LogP) is 5.90. The van der Waals surface area contributed by atoms with Crippen LogP contribution in [-0.4, -0.2) is 22.7 Å². The largest absolute Gasteiger partial charge is 0.489 e. The molecule has 0 spiro atoms. The quantitative estimate of drug-likeness (QED) is 0.394. The lowest BCUT2D eigenvalue weighted by Crippen LogP contribution is -2.27. The first kappa shape index (κ1) is 19.7. The molecular formula is C20H15BrClNO3S. The average Bonchev–Trinajstić information content (AvgIpc) is 2.89. The monoisotopic (exact) mass is 463 g/mol. The Morgan fingerprint density at radius 3 is 2.78 bits per heavy atom. The van der Waals surface area contributed by atoms with Gasteiger partial charge in [-0.2, -0.15) is 0 Å². The zero-order valence-electron chi connectivity index (χ0n) is 14.2. The number of amides is 2. The number of thioether (sulfide) groups is 1. The number of halogens is 2. The third kappa shape index (κ3) is 4.83. The highest BCUT2D eigenvalue weighted by molar-refractivity contribution is 9.10. The molecule has 0 atom stereocenters. The maximum atomic E-state index is 12.7. The van der Waals surface area contributed by atoms with E-state index in [2.05, 4.69) is 22.5 Å². The summed E-state index contributed by atoms with van der Waals surface area (Å²) in [4.78, 5) is 26.6. The van der Waals surface area contributed by atoms with Gasteiger partial charge in [-0.05, 0) is 53.7 Å². The molecule has 0 N–H and O–H groups in total. The fraction of sp³-hybridized carbons (Fsp3) is 0.100. The van der Waals surface area contributed by atoms with Gasteiger partial charge >= 0.3 is 0 Å². The molecule has 138 valence electrons. The van der Waals surface area contributed by atoms with Crippen LogP contribution in [0.4, 0.5) is 4.79 Å². The Hall–Kier alpha value is -2.02. The van der Waals surface area contributed by atoms with Crippen molar-refractivity contribution >= 4 is 56.5 Å². The predicted molar refractivity (Wildman–Crippen MR) is 113 cm³/mol. The Labute approximate surface area is 175 Å². The summed E-state index contributed by atoms with van der Waals surface area (Å²) < 4.78 is 6.48. The van der Waals surface area contributed by atoms with Gasteiger partial charge in [-0.25, -0.2) is 0 Å². The van der Waals surface area contributed by atoms with Crippen molar-refractivity contribution in [2.75, 3.05) is 6.61 Å². The molecule has 0 aliphatic carbocycles. The summed E-state index contributed by atoms with van der Waals surface area (Å²) in [5, 5.41) is 0.253. The van der Waals surface area contributed by atoms with Crippen molar-refractivity contribution in [1.29, 1.82) is 0 Å². The second kappa shape index (κ2) is 8.78. The molecule has 2 amide bonds. The van der Waals surface area contributed by atoms with E-state index >= 15 is 0 Å². The van der Waals surface area contributed by atoms with Gasteiger partial charge in [0.15, 0.2) is 0 Å². The number of rotatable bonds is 6. The van der Waals surface area contributed by atoms with E-state index in [1.54, 1.807) is 36.4 Å². The van der Waals surface area contributed by atoms with Crippen molar-refractivity contribution in [3.05, 3.63) is 80.6 Å². The Kier molecular flexibility index (Phi) is 6.42. The van der Waals surface area contributed by atoms with Crippen molar-refractivity contribution in [3.8, 4) is 5.75 Å². The molecule has 3 rings (SSSR count). The molecule has 1 fully saturated rings. The van der Waals surface area contributed by atoms with E-state index in [9.17, 15) is 9.59 Å². The molecule has 0 aromatic heterocycles. The number of carbonyl (C=O) groups excluding carboxylic acids is 2. The first-order valence-corrected chi connectivity index (χ1v) is 9.99. The fourth-order valence-corrected chi connectivity index (χ4v) is 3.93. The van der Waals surface area contributed by atoms with Gasteiger partial charge in [0.25, 0.3) is 11.1 Å². The van der Waals surface area contributed by atoms with Crippen molar-refractivity contribution in [1.82, 2.24) is 4.90 Å². The smallest absolute Gasteiger partial charge is 0.293 e. The lowest BCUT2D eigenvalue weighted by molar-refractivity contribution is -0.123. The maximum Gasteiger partial charge on any atom is 0.293 e. The van der Waals surface area contributed by atoms with Crippen molar-refractivity contribution < 1.29 is 14.3 Å². The van der Waals surface area contributed by atoms with E-state index in [1.165, 1.54) is 4.90 Å². The Balaban J connectivity index is 1.86. The lowest BCUT2D eigenvalue weighted by Gasteiger charge is -2.12. The maximum absolute atomic E-state index is 12.7. The van der Waals surface area contributed by atoms with Crippen molar-refractivity contribution in [2.45, 2.75) is 6.54 Å². The number of hydrogen-bond acceptors (Lipinski definition) is 4. The van der Waals surface area contributed by atoms with Gasteiger partial charge in [-0.3, -0.25) is 14.5 Å². The fourth-order valence-electron chi connectivity index (χ4n) is 2.51. The second-order valence-corrected chi connectivity index (χ2v) is 8.02. The van der Waals surface area contributed by atoms with Crippen LogP contribution in [0.2, 0.25) is 5.02 Å². The van der Waals surface area contributed by atoms with Gasteiger partial charge in [-0.15, -0.1) is 0 Å². The summed E-state index contributed by atoms with van der Waals surface area (Å²) in [7, 11) is 0. The molecule has 0 unspecified atom stereocenters. The molecule has 1 aliphatic rings. The van der Waals surface area contributed by atoms with E-state index in [0.717, 1.165) is 21.8 Å². The van der Waals surface area contributed by atoms with Crippen LogP contribution in [0.1, 0.15) is 11.1 Å². The normalized spacial score (nSPS) is 15.5. The number of hydrogen-bond donors (Lipinski definition) is 0. The average molecular weight is 465 g/mol. The van der Waals surface area contributed by atoms with E-state index in [-0.39, 0.29) is 17.7 Å². The van der Waals surface area contributed by atoms with E-state index in [1.807, 2.05) is 18.2 Å². The van der Waals surface area contributed by atoms with Crippen LogP contribution < -0.4 is 4.74 Å². The van der Waals surface area contributed by atoms with E-state index in [0.29, 0.717) is 27.8 Å². The minimum absolute atomic E-state index is 0.181. The van der Waals surface area contributed by atoms with Crippen LogP contribution in [0.15, 0.2) is 64.5 Å². The third-order valence-corrected chi connectivity index (χ3v) is 5.35.